The average Bonchev–Trinajstić information content (AvgIpc) is 2.78. The van der Waals surface area contributed by atoms with E-state index < -0.39 is 0 Å². The molecule has 1 saturated carbocycles. The first-order chi connectivity index (χ1) is 8.81. The van der Waals surface area contributed by atoms with Crippen LogP contribution in [0.4, 0.5) is 0 Å². The van der Waals surface area contributed by atoms with Crippen molar-refractivity contribution in [1.82, 2.24) is 10.1 Å². The molecule has 1 heterocycles. The van der Waals surface area contributed by atoms with Crippen molar-refractivity contribution in [3.63, 3.8) is 0 Å². The van der Waals surface area contributed by atoms with E-state index in [0.29, 0.717) is 18.2 Å². The van der Waals surface area contributed by atoms with E-state index in [0.717, 1.165) is 18.7 Å². The molecule has 1 aliphatic carbocycles. The molecule has 18 heavy (non-hydrogen) atoms. The Labute approximate surface area is 108 Å². The lowest BCUT2D eigenvalue weighted by molar-refractivity contribution is 0.258. The first-order valence-electron chi connectivity index (χ1n) is 7.01. The fourth-order valence-corrected chi connectivity index (χ4v) is 2.54. The van der Waals surface area contributed by atoms with Crippen LogP contribution in [0.25, 0.3) is 0 Å². The Morgan fingerprint density at radius 2 is 1.89 bits per heavy atom. The van der Waals surface area contributed by atoms with E-state index in [-0.39, 0.29) is 12.6 Å². The fourth-order valence-electron chi connectivity index (χ4n) is 2.54. The van der Waals surface area contributed by atoms with E-state index in [1.165, 1.54) is 32.1 Å². The molecule has 0 saturated heterocycles. The molecule has 1 atom stereocenters. The van der Waals surface area contributed by atoms with Gasteiger partial charge in [0.2, 0.25) is 5.89 Å². The van der Waals surface area contributed by atoms with Gasteiger partial charge in [-0.15, -0.1) is 0 Å². The molecule has 0 aromatic carbocycles. The van der Waals surface area contributed by atoms with Gasteiger partial charge >= 0.3 is 0 Å². The maximum atomic E-state index is 8.85. The summed E-state index contributed by atoms with van der Waals surface area (Å²) in [5.74, 6) is 1.69. The zero-order valence-corrected chi connectivity index (χ0v) is 10.8. The van der Waals surface area contributed by atoms with Gasteiger partial charge in [-0.05, 0) is 19.3 Å². The molecule has 0 spiro atoms. The van der Waals surface area contributed by atoms with Crippen LogP contribution in [0.5, 0.6) is 0 Å². The van der Waals surface area contributed by atoms with E-state index in [1.54, 1.807) is 0 Å². The quantitative estimate of drug-likeness (QED) is 0.859. The van der Waals surface area contributed by atoms with Crippen LogP contribution in [-0.4, -0.2) is 21.9 Å². The minimum absolute atomic E-state index is 0.0440. The van der Waals surface area contributed by atoms with Gasteiger partial charge in [0.25, 0.3) is 0 Å². The SMILES string of the molecule is NC(CCO)c1nc(C2CCCCCCC2)no1. The van der Waals surface area contributed by atoms with Crippen molar-refractivity contribution in [1.29, 1.82) is 0 Å². The van der Waals surface area contributed by atoms with Crippen LogP contribution < -0.4 is 5.73 Å². The topological polar surface area (TPSA) is 85.2 Å². The number of nitrogens with two attached hydrogens (primary N) is 1. The van der Waals surface area contributed by atoms with Crippen molar-refractivity contribution in [3.8, 4) is 0 Å². The lowest BCUT2D eigenvalue weighted by Crippen LogP contribution is -2.12. The largest absolute Gasteiger partial charge is 0.396 e. The summed E-state index contributed by atoms with van der Waals surface area (Å²) in [5.41, 5.74) is 5.85. The van der Waals surface area contributed by atoms with Gasteiger partial charge in [-0.3, -0.25) is 0 Å². The Balaban J connectivity index is 1.98. The second kappa shape index (κ2) is 6.85. The van der Waals surface area contributed by atoms with Gasteiger partial charge in [0.1, 0.15) is 0 Å². The predicted molar refractivity (Wildman–Crippen MR) is 68.0 cm³/mol. The summed E-state index contributed by atoms with van der Waals surface area (Å²) in [6.45, 7) is 0.0440. The molecule has 5 heteroatoms. The standard InChI is InChI=1S/C13H23N3O2/c14-11(8-9-17)13-15-12(16-18-13)10-6-4-2-1-3-5-7-10/h10-11,17H,1-9,14H2. The maximum Gasteiger partial charge on any atom is 0.243 e. The number of hydrogen-bond acceptors (Lipinski definition) is 5. The highest BCUT2D eigenvalue weighted by molar-refractivity contribution is 4.98. The second-order valence-corrected chi connectivity index (χ2v) is 5.15. The molecular weight excluding hydrogens is 230 g/mol. The molecule has 1 unspecified atom stereocenters. The van der Waals surface area contributed by atoms with Gasteiger partial charge in [0.15, 0.2) is 5.82 Å². The minimum atomic E-state index is -0.343. The summed E-state index contributed by atoms with van der Waals surface area (Å²) in [6.07, 6.45) is 9.23. The molecule has 3 N–H and O–H groups in total. The first-order valence-corrected chi connectivity index (χ1v) is 7.01. The van der Waals surface area contributed by atoms with Gasteiger partial charge in [-0.2, -0.15) is 4.98 Å². The van der Waals surface area contributed by atoms with Crippen molar-refractivity contribution in [2.24, 2.45) is 5.73 Å². The molecular formula is C13H23N3O2. The number of rotatable bonds is 4. The first kappa shape index (κ1) is 13.5. The van der Waals surface area contributed by atoms with Gasteiger partial charge in [-0.25, -0.2) is 0 Å². The third kappa shape index (κ3) is 3.53. The highest BCUT2D eigenvalue weighted by Gasteiger charge is 2.21. The van der Waals surface area contributed by atoms with Crippen molar-refractivity contribution < 1.29 is 9.63 Å². The highest BCUT2D eigenvalue weighted by Crippen LogP contribution is 2.29. The molecule has 2 rings (SSSR count). The van der Waals surface area contributed by atoms with Gasteiger partial charge in [0.05, 0.1) is 6.04 Å². The van der Waals surface area contributed by atoms with Crippen LogP contribution in [0.1, 0.15) is 75.0 Å². The third-order valence-electron chi connectivity index (χ3n) is 3.69. The van der Waals surface area contributed by atoms with Crippen molar-refractivity contribution in [2.75, 3.05) is 6.61 Å². The van der Waals surface area contributed by atoms with Crippen LogP contribution in [0.3, 0.4) is 0 Å². The molecule has 1 aromatic heterocycles. The molecule has 0 radical (unpaired) electrons. The number of aromatic nitrogens is 2. The monoisotopic (exact) mass is 253 g/mol. The lowest BCUT2D eigenvalue weighted by Gasteiger charge is -2.15. The van der Waals surface area contributed by atoms with E-state index in [4.69, 9.17) is 15.4 Å². The summed E-state index contributed by atoms with van der Waals surface area (Å²) < 4.78 is 5.21. The van der Waals surface area contributed by atoms with Gasteiger partial charge in [0, 0.05) is 12.5 Å². The van der Waals surface area contributed by atoms with Crippen LogP contribution in [0.15, 0.2) is 4.52 Å². The molecule has 102 valence electrons. The van der Waals surface area contributed by atoms with E-state index in [1.807, 2.05) is 0 Å². The van der Waals surface area contributed by atoms with Crippen LogP contribution in [0, 0.1) is 0 Å². The minimum Gasteiger partial charge on any atom is -0.396 e. The van der Waals surface area contributed by atoms with Gasteiger partial charge in [-0.1, -0.05) is 37.3 Å². The highest BCUT2D eigenvalue weighted by atomic mass is 16.5. The normalized spacial score (nSPS) is 20.3. The lowest BCUT2D eigenvalue weighted by atomic mass is 9.91. The summed E-state index contributed by atoms with van der Waals surface area (Å²) in [5, 5.41) is 12.9. The number of aliphatic hydroxyl groups is 1. The number of nitrogens with zero attached hydrogens (tertiary/aromatic N) is 2. The smallest absolute Gasteiger partial charge is 0.243 e. The summed E-state index contributed by atoms with van der Waals surface area (Å²) in [4.78, 5) is 4.41. The molecule has 5 nitrogen and oxygen atoms in total. The average molecular weight is 253 g/mol. The third-order valence-corrected chi connectivity index (χ3v) is 3.69. The molecule has 0 bridgehead atoms. The summed E-state index contributed by atoms with van der Waals surface area (Å²) in [6, 6.07) is -0.343. The van der Waals surface area contributed by atoms with Crippen molar-refractivity contribution in [2.45, 2.75) is 63.3 Å². The van der Waals surface area contributed by atoms with Gasteiger partial charge < -0.3 is 15.4 Å². The zero-order chi connectivity index (χ0) is 12.8. The Bertz CT molecular complexity index is 346. The fraction of sp³-hybridized carbons (Fsp3) is 0.846. The Morgan fingerprint density at radius 1 is 1.22 bits per heavy atom. The Hall–Kier alpha value is -0.940. The van der Waals surface area contributed by atoms with Crippen LogP contribution >= 0.6 is 0 Å². The number of hydrogen-bond donors (Lipinski definition) is 2. The number of aliphatic hydroxyl groups excluding tert-OH is 1. The van der Waals surface area contributed by atoms with Crippen molar-refractivity contribution >= 4 is 0 Å². The van der Waals surface area contributed by atoms with E-state index >= 15 is 0 Å². The van der Waals surface area contributed by atoms with Crippen molar-refractivity contribution in [3.05, 3.63) is 11.7 Å². The second-order valence-electron chi connectivity index (χ2n) is 5.15. The van der Waals surface area contributed by atoms with E-state index in [2.05, 4.69) is 10.1 Å². The van der Waals surface area contributed by atoms with E-state index in [9.17, 15) is 0 Å². The molecule has 1 aliphatic rings. The summed E-state index contributed by atoms with van der Waals surface area (Å²) in [7, 11) is 0. The molecule has 0 aliphatic heterocycles. The molecule has 1 aromatic rings. The maximum absolute atomic E-state index is 8.85. The summed E-state index contributed by atoms with van der Waals surface area (Å²) >= 11 is 0. The zero-order valence-electron chi connectivity index (χ0n) is 10.8. The Kier molecular flexibility index (Phi) is 5.13. The van der Waals surface area contributed by atoms with Crippen LogP contribution in [0.2, 0.25) is 0 Å². The van der Waals surface area contributed by atoms with Crippen LogP contribution in [-0.2, 0) is 0 Å². The predicted octanol–water partition coefficient (Wildman–Crippen LogP) is 2.28. The molecule has 1 fully saturated rings. The Morgan fingerprint density at radius 3 is 2.56 bits per heavy atom. The molecule has 0 amide bonds.